The highest BCUT2D eigenvalue weighted by atomic mass is 16.5. The van der Waals surface area contributed by atoms with Gasteiger partial charge in [-0.3, -0.25) is 0 Å². The molecule has 2 N–H and O–H groups in total. The molecule has 0 spiro atoms. The van der Waals surface area contributed by atoms with Crippen molar-refractivity contribution in [2.45, 2.75) is 13.8 Å². The molecule has 0 fully saturated rings. The van der Waals surface area contributed by atoms with E-state index >= 15 is 0 Å². The Balaban J connectivity index is 1.81. The fourth-order valence-electron chi connectivity index (χ4n) is 2.24. The number of allylic oxidation sites excluding steroid dienone is 1. The molecule has 3 rings (SSSR count). The summed E-state index contributed by atoms with van der Waals surface area (Å²) in [4.78, 5) is 19.1. The fourth-order valence-corrected chi connectivity index (χ4v) is 2.24. The molecule has 0 aliphatic heterocycles. The Kier molecular flexibility index (Phi) is 4.14. The van der Waals surface area contributed by atoms with Crippen LogP contribution in [0, 0.1) is 0 Å². The zero-order valence-corrected chi connectivity index (χ0v) is 12.9. The van der Waals surface area contributed by atoms with Gasteiger partial charge in [0.05, 0.1) is 23.9 Å². The second-order valence-electron chi connectivity index (χ2n) is 5.00. The molecule has 6 heteroatoms. The Morgan fingerprint density at radius 1 is 1.43 bits per heavy atom. The van der Waals surface area contributed by atoms with Crippen molar-refractivity contribution in [3.8, 4) is 11.6 Å². The highest BCUT2D eigenvalue weighted by molar-refractivity contribution is 5.85. The maximum absolute atomic E-state index is 11.4. The van der Waals surface area contributed by atoms with Gasteiger partial charge < -0.3 is 19.5 Å². The summed E-state index contributed by atoms with van der Waals surface area (Å²) >= 11 is 0. The Hall–Kier alpha value is -3.02. The van der Waals surface area contributed by atoms with E-state index < -0.39 is 0 Å². The zero-order valence-electron chi connectivity index (χ0n) is 12.9. The van der Waals surface area contributed by atoms with Crippen molar-refractivity contribution >= 4 is 22.7 Å². The van der Waals surface area contributed by atoms with Gasteiger partial charge in [0.15, 0.2) is 11.6 Å². The summed E-state index contributed by atoms with van der Waals surface area (Å²) in [6.45, 7) is 3.94. The van der Waals surface area contributed by atoms with Crippen LogP contribution >= 0.6 is 0 Å². The molecular formula is C17H17N3O3. The average molecular weight is 311 g/mol. The van der Waals surface area contributed by atoms with Crippen molar-refractivity contribution in [1.82, 2.24) is 9.97 Å². The van der Waals surface area contributed by atoms with Crippen LogP contribution in [0.1, 0.15) is 13.8 Å². The van der Waals surface area contributed by atoms with Crippen LogP contribution in [-0.4, -0.2) is 22.5 Å². The van der Waals surface area contributed by atoms with Gasteiger partial charge in [-0.2, -0.15) is 0 Å². The van der Waals surface area contributed by atoms with Crippen molar-refractivity contribution in [3.05, 3.63) is 48.4 Å². The minimum absolute atomic E-state index is 0.359. The molecule has 0 aliphatic carbocycles. The first-order chi connectivity index (χ1) is 11.2. The third-order valence-corrected chi connectivity index (χ3v) is 3.20. The van der Waals surface area contributed by atoms with Gasteiger partial charge in [0.25, 0.3) is 0 Å². The smallest absolute Gasteiger partial charge is 0.332 e. The number of fused-ring (bicyclic) bond motifs is 1. The van der Waals surface area contributed by atoms with Crippen molar-refractivity contribution in [3.63, 3.8) is 0 Å². The first kappa shape index (κ1) is 14.9. The summed E-state index contributed by atoms with van der Waals surface area (Å²) in [6.07, 6.45) is 3.04. The number of nitrogens with zero attached hydrogens (tertiary/aromatic N) is 1. The number of imidazole rings is 1. The lowest BCUT2D eigenvalue weighted by Gasteiger charge is -2.06. The predicted molar refractivity (Wildman–Crippen MR) is 87.8 cm³/mol. The topological polar surface area (TPSA) is 80.2 Å². The number of carbonyl (C=O) groups excluding carboxylic acids is 1. The van der Waals surface area contributed by atoms with Gasteiger partial charge in [0, 0.05) is 17.5 Å². The lowest BCUT2D eigenvalue weighted by Crippen LogP contribution is -2.04. The number of benzene rings is 1. The second kappa shape index (κ2) is 6.39. The van der Waals surface area contributed by atoms with Crippen molar-refractivity contribution in [2.24, 2.45) is 0 Å². The third kappa shape index (κ3) is 3.42. The number of esters is 1. The molecule has 0 radical (unpaired) electrons. The molecule has 0 unspecified atom stereocenters. The second-order valence-corrected chi connectivity index (χ2v) is 5.00. The number of furan rings is 1. The van der Waals surface area contributed by atoms with Crippen LogP contribution in [0.15, 0.2) is 52.8 Å². The first-order valence-corrected chi connectivity index (χ1v) is 7.31. The quantitative estimate of drug-likeness (QED) is 0.554. The average Bonchev–Trinajstić information content (AvgIpc) is 3.15. The Morgan fingerprint density at radius 2 is 2.30 bits per heavy atom. The van der Waals surface area contributed by atoms with Crippen molar-refractivity contribution in [1.29, 1.82) is 0 Å². The SMILES string of the molecule is CCOC(=O)/C=C(/C)Nc1ccc2nc(-c3ccco3)[nH]c2c1. The molecule has 3 aromatic rings. The maximum atomic E-state index is 11.4. The van der Waals surface area contributed by atoms with E-state index in [4.69, 9.17) is 9.15 Å². The molecule has 0 amide bonds. The van der Waals surface area contributed by atoms with Gasteiger partial charge in [-0.25, -0.2) is 9.78 Å². The van der Waals surface area contributed by atoms with Crippen LogP contribution < -0.4 is 5.32 Å². The molecule has 1 aromatic carbocycles. The van der Waals surface area contributed by atoms with E-state index in [1.54, 1.807) is 13.2 Å². The molecular weight excluding hydrogens is 294 g/mol. The number of rotatable bonds is 5. The molecule has 0 saturated heterocycles. The summed E-state index contributed by atoms with van der Waals surface area (Å²) in [7, 11) is 0. The number of nitrogens with one attached hydrogen (secondary N) is 2. The van der Waals surface area contributed by atoms with Gasteiger partial charge in [0.2, 0.25) is 0 Å². The number of hydrogen-bond donors (Lipinski definition) is 2. The van der Waals surface area contributed by atoms with Crippen LogP contribution in [0.2, 0.25) is 0 Å². The molecule has 2 aromatic heterocycles. The van der Waals surface area contributed by atoms with E-state index in [-0.39, 0.29) is 5.97 Å². The lowest BCUT2D eigenvalue weighted by atomic mass is 10.2. The van der Waals surface area contributed by atoms with E-state index in [2.05, 4.69) is 15.3 Å². The highest BCUT2D eigenvalue weighted by Crippen LogP contribution is 2.23. The number of aromatic nitrogens is 2. The highest BCUT2D eigenvalue weighted by Gasteiger charge is 2.08. The lowest BCUT2D eigenvalue weighted by molar-refractivity contribution is -0.137. The van der Waals surface area contributed by atoms with E-state index in [0.29, 0.717) is 23.9 Å². The normalized spacial score (nSPS) is 11.7. The molecule has 0 aliphatic rings. The number of carbonyl (C=O) groups is 1. The van der Waals surface area contributed by atoms with Crippen molar-refractivity contribution in [2.75, 3.05) is 11.9 Å². The molecule has 23 heavy (non-hydrogen) atoms. The fraction of sp³-hybridized carbons (Fsp3) is 0.176. The minimum atomic E-state index is -0.361. The van der Waals surface area contributed by atoms with Crippen molar-refractivity contribution < 1.29 is 13.9 Å². The van der Waals surface area contributed by atoms with Gasteiger partial charge in [0.1, 0.15) is 0 Å². The maximum Gasteiger partial charge on any atom is 0.332 e. The standard InChI is InChI=1S/C17H17N3O3/c1-3-22-16(21)9-11(2)18-12-6-7-13-14(10-12)20-17(19-13)15-5-4-8-23-15/h4-10,18H,3H2,1-2H3,(H,19,20)/b11-9-. The monoisotopic (exact) mass is 311 g/mol. The minimum Gasteiger partial charge on any atom is -0.463 e. The first-order valence-electron chi connectivity index (χ1n) is 7.31. The summed E-state index contributed by atoms with van der Waals surface area (Å²) < 4.78 is 10.2. The Labute approximate surface area is 133 Å². The molecule has 2 heterocycles. The summed E-state index contributed by atoms with van der Waals surface area (Å²) in [5.74, 6) is 1.01. The molecule has 6 nitrogen and oxygen atoms in total. The van der Waals surface area contributed by atoms with E-state index in [9.17, 15) is 4.79 Å². The van der Waals surface area contributed by atoms with E-state index in [1.165, 1.54) is 6.08 Å². The van der Waals surface area contributed by atoms with Gasteiger partial charge in [-0.05, 0) is 44.2 Å². The Bertz CT molecular complexity index is 847. The molecule has 118 valence electrons. The number of aromatic amines is 1. The van der Waals surface area contributed by atoms with Crippen LogP contribution in [0.3, 0.4) is 0 Å². The van der Waals surface area contributed by atoms with Crippen LogP contribution in [0.4, 0.5) is 5.69 Å². The van der Waals surface area contributed by atoms with Gasteiger partial charge in [-0.1, -0.05) is 0 Å². The summed E-state index contributed by atoms with van der Waals surface area (Å²) in [5, 5.41) is 3.16. The predicted octanol–water partition coefficient (Wildman–Crippen LogP) is 3.70. The molecule has 0 atom stereocenters. The van der Waals surface area contributed by atoms with E-state index in [0.717, 1.165) is 16.7 Å². The number of ether oxygens (including phenoxy) is 1. The molecule has 0 saturated carbocycles. The third-order valence-electron chi connectivity index (χ3n) is 3.20. The molecule has 0 bridgehead atoms. The van der Waals surface area contributed by atoms with E-state index in [1.807, 2.05) is 37.3 Å². The van der Waals surface area contributed by atoms with Gasteiger partial charge >= 0.3 is 5.97 Å². The van der Waals surface area contributed by atoms with Gasteiger partial charge in [-0.15, -0.1) is 0 Å². The number of H-pyrrole nitrogens is 1. The van der Waals surface area contributed by atoms with Crippen LogP contribution in [0.25, 0.3) is 22.6 Å². The largest absolute Gasteiger partial charge is 0.463 e. The number of hydrogen-bond acceptors (Lipinski definition) is 5. The number of anilines is 1. The van der Waals surface area contributed by atoms with Crippen LogP contribution in [-0.2, 0) is 9.53 Å². The Morgan fingerprint density at radius 3 is 3.04 bits per heavy atom. The summed E-state index contributed by atoms with van der Waals surface area (Å²) in [6, 6.07) is 9.40. The zero-order chi connectivity index (χ0) is 16.2. The van der Waals surface area contributed by atoms with Crippen LogP contribution in [0.5, 0.6) is 0 Å². The summed E-state index contributed by atoms with van der Waals surface area (Å²) in [5.41, 5.74) is 3.28.